The lowest BCUT2D eigenvalue weighted by Gasteiger charge is -2.27. The Morgan fingerprint density at radius 3 is 2.70 bits per heavy atom. The van der Waals surface area contributed by atoms with E-state index in [0.717, 1.165) is 6.54 Å². The van der Waals surface area contributed by atoms with Crippen LogP contribution >= 0.6 is 0 Å². The maximum atomic E-state index is 9.46. The van der Waals surface area contributed by atoms with Crippen molar-refractivity contribution in [3.63, 3.8) is 0 Å². The molecule has 0 saturated carbocycles. The fraction of sp³-hybridized carbons (Fsp3) is 0.385. The maximum Gasteiger partial charge on any atom is 0.258 e. The Balaban J connectivity index is 1.86. The second-order valence-electron chi connectivity index (χ2n) is 4.82. The summed E-state index contributed by atoms with van der Waals surface area (Å²) >= 11 is 0. The lowest BCUT2D eigenvalue weighted by Crippen LogP contribution is -2.35. The van der Waals surface area contributed by atoms with Crippen molar-refractivity contribution >= 4 is 0 Å². The number of nitrogens with zero attached hydrogens (tertiary/aromatic N) is 3. The molecule has 1 fully saturated rings. The minimum atomic E-state index is -0.225. The van der Waals surface area contributed by atoms with Gasteiger partial charge in [0.1, 0.15) is 17.6 Å². The van der Waals surface area contributed by atoms with Gasteiger partial charge in [-0.15, -0.1) is 0 Å². The zero-order valence-corrected chi connectivity index (χ0v) is 11.0. The monoisotopic (exact) mass is 277 g/mol. The SMILES string of the molecule is CN1CCOC(c2noc(-c3cc(O)cc(O)c3)n2)C1. The van der Waals surface area contributed by atoms with Crippen molar-refractivity contribution < 1.29 is 19.5 Å². The summed E-state index contributed by atoms with van der Waals surface area (Å²) in [5.74, 6) is 0.583. The average Bonchev–Trinajstić information content (AvgIpc) is 2.87. The highest BCUT2D eigenvalue weighted by atomic mass is 16.5. The van der Waals surface area contributed by atoms with E-state index in [2.05, 4.69) is 15.0 Å². The van der Waals surface area contributed by atoms with Crippen LogP contribution in [0.4, 0.5) is 0 Å². The largest absolute Gasteiger partial charge is 0.508 e. The normalized spacial score (nSPS) is 20.1. The van der Waals surface area contributed by atoms with Gasteiger partial charge in [0.25, 0.3) is 5.89 Å². The van der Waals surface area contributed by atoms with Gasteiger partial charge < -0.3 is 24.4 Å². The van der Waals surface area contributed by atoms with Crippen LogP contribution in [-0.2, 0) is 4.74 Å². The Bertz CT molecular complexity index is 593. The van der Waals surface area contributed by atoms with Gasteiger partial charge in [-0.25, -0.2) is 0 Å². The number of rotatable bonds is 2. The van der Waals surface area contributed by atoms with Crippen LogP contribution in [0.1, 0.15) is 11.9 Å². The van der Waals surface area contributed by atoms with Gasteiger partial charge in [0.05, 0.1) is 6.61 Å². The third kappa shape index (κ3) is 2.59. The van der Waals surface area contributed by atoms with Crippen molar-refractivity contribution in [2.24, 2.45) is 0 Å². The molecule has 0 aliphatic carbocycles. The molecule has 1 aromatic heterocycles. The molecule has 1 aliphatic rings. The number of hydrogen-bond acceptors (Lipinski definition) is 7. The molecule has 2 heterocycles. The van der Waals surface area contributed by atoms with E-state index in [1.54, 1.807) is 0 Å². The van der Waals surface area contributed by atoms with Crippen molar-refractivity contribution in [1.29, 1.82) is 0 Å². The lowest BCUT2D eigenvalue weighted by molar-refractivity contribution is -0.0264. The molecule has 1 aliphatic heterocycles. The number of phenols is 2. The summed E-state index contributed by atoms with van der Waals surface area (Å²) in [6, 6.07) is 4.13. The Morgan fingerprint density at radius 2 is 2.00 bits per heavy atom. The first-order valence-corrected chi connectivity index (χ1v) is 6.29. The summed E-state index contributed by atoms with van der Waals surface area (Å²) in [4.78, 5) is 6.40. The number of phenolic OH excluding ortho intramolecular Hbond substituents is 2. The van der Waals surface area contributed by atoms with Crippen molar-refractivity contribution in [3.05, 3.63) is 24.0 Å². The Hall–Kier alpha value is -2.12. The van der Waals surface area contributed by atoms with E-state index in [4.69, 9.17) is 9.26 Å². The lowest BCUT2D eigenvalue weighted by atomic mass is 10.2. The summed E-state index contributed by atoms with van der Waals surface area (Å²) in [5.41, 5.74) is 0.463. The van der Waals surface area contributed by atoms with Crippen LogP contribution in [-0.4, -0.2) is 52.0 Å². The van der Waals surface area contributed by atoms with E-state index in [1.807, 2.05) is 7.05 Å². The molecular formula is C13H15N3O4. The highest BCUT2D eigenvalue weighted by Gasteiger charge is 2.24. The van der Waals surface area contributed by atoms with E-state index in [0.29, 0.717) is 24.5 Å². The number of likely N-dealkylation sites (N-methyl/N-ethyl adjacent to an activating group) is 1. The van der Waals surface area contributed by atoms with Crippen LogP contribution in [0.5, 0.6) is 11.5 Å². The highest BCUT2D eigenvalue weighted by Crippen LogP contribution is 2.28. The van der Waals surface area contributed by atoms with E-state index in [9.17, 15) is 10.2 Å². The standard InChI is InChI=1S/C13H15N3O4/c1-16-2-3-19-11(7-16)12-14-13(20-15-12)8-4-9(17)6-10(18)5-8/h4-6,11,17-18H,2-3,7H2,1H3. The molecule has 7 nitrogen and oxygen atoms in total. The summed E-state index contributed by atoms with van der Waals surface area (Å²) in [6.07, 6.45) is -0.225. The first-order valence-electron chi connectivity index (χ1n) is 6.29. The molecule has 20 heavy (non-hydrogen) atoms. The highest BCUT2D eigenvalue weighted by molar-refractivity contribution is 5.58. The van der Waals surface area contributed by atoms with Crippen LogP contribution in [0, 0.1) is 0 Å². The van der Waals surface area contributed by atoms with Crippen LogP contribution < -0.4 is 0 Å². The Labute approximate surface area is 115 Å². The van der Waals surface area contributed by atoms with Gasteiger partial charge in [-0.3, -0.25) is 0 Å². The predicted octanol–water partition coefficient (Wildman–Crippen LogP) is 1.15. The van der Waals surface area contributed by atoms with Gasteiger partial charge in [0.2, 0.25) is 5.82 Å². The van der Waals surface area contributed by atoms with Gasteiger partial charge in [-0.05, 0) is 19.2 Å². The van der Waals surface area contributed by atoms with Gasteiger partial charge in [0.15, 0.2) is 0 Å². The molecule has 0 spiro atoms. The van der Waals surface area contributed by atoms with Gasteiger partial charge in [-0.1, -0.05) is 5.16 Å². The van der Waals surface area contributed by atoms with Gasteiger partial charge in [-0.2, -0.15) is 4.98 Å². The molecule has 0 bridgehead atoms. The summed E-state index contributed by atoms with van der Waals surface area (Å²) < 4.78 is 10.8. The zero-order chi connectivity index (χ0) is 14.1. The quantitative estimate of drug-likeness (QED) is 0.850. The molecular weight excluding hydrogens is 262 g/mol. The number of aromatic nitrogens is 2. The molecule has 2 aromatic rings. The molecule has 106 valence electrons. The zero-order valence-electron chi connectivity index (χ0n) is 11.0. The van der Waals surface area contributed by atoms with Crippen LogP contribution in [0.25, 0.3) is 11.5 Å². The van der Waals surface area contributed by atoms with Crippen molar-refractivity contribution in [3.8, 4) is 23.0 Å². The van der Waals surface area contributed by atoms with Gasteiger partial charge >= 0.3 is 0 Å². The summed E-state index contributed by atoms with van der Waals surface area (Å²) in [7, 11) is 2.00. The first kappa shape index (κ1) is 12.9. The molecule has 1 saturated heterocycles. The number of ether oxygens (including phenoxy) is 1. The Morgan fingerprint density at radius 1 is 1.25 bits per heavy atom. The Kier molecular flexibility index (Phi) is 3.29. The minimum Gasteiger partial charge on any atom is -0.508 e. The second kappa shape index (κ2) is 5.10. The van der Waals surface area contributed by atoms with E-state index in [1.165, 1.54) is 18.2 Å². The number of aromatic hydroxyl groups is 2. The fourth-order valence-electron chi connectivity index (χ4n) is 2.14. The smallest absolute Gasteiger partial charge is 0.258 e. The maximum absolute atomic E-state index is 9.46. The molecule has 0 amide bonds. The van der Waals surface area contributed by atoms with Crippen LogP contribution in [0.2, 0.25) is 0 Å². The molecule has 2 N–H and O–H groups in total. The molecule has 0 radical (unpaired) electrons. The van der Waals surface area contributed by atoms with E-state index < -0.39 is 0 Å². The topological polar surface area (TPSA) is 91.9 Å². The van der Waals surface area contributed by atoms with Crippen LogP contribution in [0.3, 0.4) is 0 Å². The molecule has 1 aromatic carbocycles. The number of morpholine rings is 1. The summed E-state index contributed by atoms with van der Waals surface area (Å²) in [5, 5.41) is 22.8. The van der Waals surface area contributed by atoms with E-state index in [-0.39, 0.29) is 23.5 Å². The molecule has 1 unspecified atom stereocenters. The van der Waals surface area contributed by atoms with Crippen molar-refractivity contribution in [2.45, 2.75) is 6.10 Å². The van der Waals surface area contributed by atoms with Crippen LogP contribution in [0.15, 0.2) is 22.7 Å². The van der Waals surface area contributed by atoms with Gasteiger partial charge in [0, 0.05) is 24.7 Å². The summed E-state index contributed by atoms with van der Waals surface area (Å²) in [6.45, 7) is 2.20. The van der Waals surface area contributed by atoms with Crippen molar-refractivity contribution in [1.82, 2.24) is 15.0 Å². The molecule has 3 rings (SSSR count). The number of hydrogen-bond donors (Lipinski definition) is 2. The fourth-order valence-corrected chi connectivity index (χ4v) is 2.14. The number of benzene rings is 1. The molecule has 1 atom stereocenters. The average molecular weight is 277 g/mol. The van der Waals surface area contributed by atoms with E-state index >= 15 is 0 Å². The predicted molar refractivity (Wildman–Crippen MR) is 69.3 cm³/mol. The molecule has 7 heteroatoms. The first-order chi connectivity index (χ1) is 9.61. The minimum absolute atomic E-state index is 0.0617. The van der Waals surface area contributed by atoms with Crippen molar-refractivity contribution in [2.75, 3.05) is 26.7 Å². The second-order valence-corrected chi connectivity index (χ2v) is 4.82. The third-order valence-electron chi connectivity index (χ3n) is 3.15. The third-order valence-corrected chi connectivity index (χ3v) is 3.15.